The molecule has 1 heterocycles. The number of nitrogens with zero attached hydrogens (tertiary/aromatic N) is 3. The van der Waals surface area contributed by atoms with E-state index < -0.39 is 5.91 Å². The molecule has 1 aliphatic rings. The van der Waals surface area contributed by atoms with Gasteiger partial charge in [-0.05, 0) is 85.0 Å². The summed E-state index contributed by atoms with van der Waals surface area (Å²) in [5.74, 6) is -0.0218. The number of aliphatic hydroxyl groups is 2. The molecule has 4 rings (SSSR count). The molecular formula is C34H44N6O5. The van der Waals surface area contributed by atoms with Crippen LogP contribution in [0.25, 0.3) is 0 Å². The molecular weight excluding hydrogens is 572 g/mol. The zero-order chi connectivity index (χ0) is 31.9. The Labute approximate surface area is 264 Å². The highest BCUT2D eigenvalue weighted by Crippen LogP contribution is 2.26. The number of carbonyl (C=O) groups excluding carboxylic acids is 2. The van der Waals surface area contributed by atoms with Crippen molar-refractivity contribution in [2.75, 3.05) is 69.8 Å². The summed E-state index contributed by atoms with van der Waals surface area (Å²) in [7, 11) is 1.60. The van der Waals surface area contributed by atoms with Gasteiger partial charge in [0.15, 0.2) is 0 Å². The summed E-state index contributed by atoms with van der Waals surface area (Å²) < 4.78 is 5.19. The molecule has 0 aliphatic carbocycles. The summed E-state index contributed by atoms with van der Waals surface area (Å²) >= 11 is 0. The molecule has 240 valence electrons. The maximum absolute atomic E-state index is 13.4. The largest absolute Gasteiger partial charge is 0.497 e. The molecule has 3 aromatic carbocycles. The van der Waals surface area contributed by atoms with Gasteiger partial charge < -0.3 is 30.5 Å². The normalized spacial score (nSPS) is 13.3. The number of hydrogen-bond acceptors (Lipinski definition) is 9. The maximum Gasteiger partial charge on any atom is 0.273 e. The minimum Gasteiger partial charge on any atom is -0.497 e. The van der Waals surface area contributed by atoms with Crippen LogP contribution in [0.5, 0.6) is 5.75 Å². The topological polar surface area (TPSA) is 139 Å². The van der Waals surface area contributed by atoms with Gasteiger partial charge in [-0.25, -0.2) is 5.43 Å². The van der Waals surface area contributed by atoms with Gasteiger partial charge in [-0.1, -0.05) is 12.1 Å². The van der Waals surface area contributed by atoms with Crippen LogP contribution in [-0.2, 0) is 6.54 Å². The fourth-order valence-corrected chi connectivity index (χ4v) is 5.20. The van der Waals surface area contributed by atoms with Crippen LogP contribution < -0.4 is 25.7 Å². The Bertz CT molecular complexity index is 1400. The Kier molecular flexibility index (Phi) is 13.3. The molecule has 11 heteroatoms. The van der Waals surface area contributed by atoms with Crippen molar-refractivity contribution in [3.63, 3.8) is 0 Å². The fraction of sp³-hybridized carbons (Fsp3) is 0.382. The van der Waals surface area contributed by atoms with Gasteiger partial charge in [-0.15, -0.1) is 0 Å². The molecule has 0 unspecified atom stereocenters. The number of nitrogens with one attached hydrogen (secondary N) is 3. The van der Waals surface area contributed by atoms with Crippen LogP contribution in [0.2, 0.25) is 0 Å². The lowest BCUT2D eigenvalue weighted by molar-refractivity contribution is 0.0956. The molecule has 0 saturated carbocycles. The van der Waals surface area contributed by atoms with Crippen molar-refractivity contribution in [2.45, 2.75) is 25.8 Å². The minimum absolute atomic E-state index is 0.0401. The van der Waals surface area contributed by atoms with Crippen LogP contribution in [0.15, 0.2) is 71.8 Å². The number of carbonyl (C=O) groups is 2. The highest BCUT2D eigenvalue weighted by molar-refractivity contribution is 6.09. The van der Waals surface area contributed by atoms with Gasteiger partial charge in [0.2, 0.25) is 0 Å². The minimum atomic E-state index is -0.427. The SMILES string of the molecule is COc1ccc(/C=N/NC(=O)c2cc(N3CCCCC3)ccc2NC(=O)c2cccc(CNCCN(CCO)CCO)c2)cc1. The third kappa shape index (κ3) is 10.4. The number of amides is 2. The molecule has 5 N–H and O–H groups in total. The average Bonchev–Trinajstić information content (AvgIpc) is 3.07. The molecule has 1 aliphatic heterocycles. The van der Waals surface area contributed by atoms with Crippen molar-refractivity contribution >= 4 is 29.4 Å². The summed E-state index contributed by atoms with van der Waals surface area (Å²) in [5, 5.41) is 28.8. The van der Waals surface area contributed by atoms with Crippen LogP contribution >= 0.6 is 0 Å². The third-order valence-corrected chi connectivity index (χ3v) is 7.67. The quantitative estimate of drug-likeness (QED) is 0.0941. The number of piperidine rings is 1. The summed E-state index contributed by atoms with van der Waals surface area (Å²) in [4.78, 5) is 31.0. The molecule has 0 spiro atoms. The van der Waals surface area contributed by atoms with Gasteiger partial charge in [0.1, 0.15) is 5.75 Å². The van der Waals surface area contributed by atoms with E-state index in [1.807, 2.05) is 59.5 Å². The maximum atomic E-state index is 13.4. The first-order valence-electron chi connectivity index (χ1n) is 15.4. The number of rotatable bonds is 16. The van der Waals surface area contributed by atoms with Crippen LogP contribution in [0.1, 0.15) is 51.1 Å². The van der Waals surface area contributed by atoms with E-state index in [0.717, 1.165) is 48.5 Å². The highest BCUT2D eigenvalue weighted by atomic mass is 16.5. The molecule has 3 aromatic rings. The molecule has 0 bridgehead atoms. The van der Waals surface area contributed by atoms with E-state index in [1.54, 1.807) is 25.5 Å². The Morgan fingerprint density at radius 3 is 2.40 bits per heavy atom. The molecule has 1 fully saturated rings. The number of hydrazone groups is 1. The van der Waals surface area contributed by atoms with Crippen LogP contribution in [0.4, 0.5) is 11.4 Å². The second kappa shape index (κ2) is 17.9. The molecule has 0 aromatic heterocycles. The van der Waals surface area contributed by atoms with Crippen molar-refractivity contribution in [3.8, 4) is 5.75 Å². The number of anilines is 2. The summed E-state index contributed by atoms with van der Waals surface area (Å²) in [6.07, 6.45) is 4.95. The predicted molar refractivity (Wildman–Crippen MR) is 177 cm³/mol. The van der Waals surface area contributed by atoms with E-state index >= 15 is 0 Å². The molecule has 11 nitrogen and oxygen atoms in total. The lowest BCUT2D eigenvalue weighted by Crippen LogP contribution is -2.35. The predicted octanol–water partition coefficient (Wildman–Crippen LogP) is 3.08. The van der Waals surface area contributed by atoms with Crippen molar-refractivity contribution < 1.29 is 24.5 Å². The summed E-state index contributed by atoms with van der Waals surface area (Å²) in [6.45, 7) is 4.84. The number of ether oxygens (including phenoxy) is 1. The first-order chi connectivity index (χ1) is 22.0. The smallest absolute Gasteiger partial charge is 0.273 e. The monoisotopic (exact) mass is 616 g/mol. The van der Waals surface area contributed by atoms with Crippen molar-refractivity contribution in [1.82, 2.24) is 15.6 Å². The fourth-order valence-electron chi connectivity index (χ4n) is 5.20. The second-order valence-electron chi connectivity index (χ2n) is 10.9. The van der Waals surface area contributed by atoms with Gasteiger partial charge in [0, 0.05) is 57.1 Å². The highest BCUT2D eigenvalue weighted by Gasteiger charge is 2.19. The Hall–Kier alpha value is -4.29. The van der Waals surface area contributed by atoms with Crippen LogP contribution in [-0.4, -0.2) is 92.7 Å². The summed E-state index contributed by atoms with van der Waals surface area (Å²) in [5.41, 5.74) is 6.47. The van der Waals surface area contributed by atoms with E-state index in [4.69, 9.17) is 4.74 Å². The van der Waals surface area contributed by atoms with E-state index in [2.05, 4.69) is 26.1 Å². The van der Waals surface area contributed by atoms with Gasteiger partial charge in [-0.2, -0.15) is 5.10 Å². The third-order valence-electron chi connectivity index (χ3n) is 7.67. The van der Waals surface area contributed by atoms with Crippen molar-refractivity contribution in [2.24, 2.45) is 5.10 Å². The lowest BCUT2D eigenvalue weighted by Gasteiger charge is -2.29. The van der Waals surface area contributed by atoms with E-state index in [1.165, 1.54) is 6.42 Å². The zero-order valence-electron chi connectivity index (χ0n) is 25.9. The molecule has 0 radical (unpaired) electrons. The van der Waals surface area contributed by atoms with Crippen LogP contribution in [0, 0.1) is 0 Å². The molecule has 0 atom stereocenters. The van der Waals surface area contributed by atoms with Crippen LogP contribution in [0.3, 0.4) is 0 Å². The lowest BCUT2D eigenvalue weighted by atomic mass is 10.1. The van der Waals surface area contributed by atoms with Crippen molar-refractivity contribution in [3.05, 3.63) is 89.0 Å². The Morgan fingerprint density at radius 2 is 1.69 bits per heavy atom. The molecule has 45 heavy (non-hydrogen) atoms. The standard InChI is InChI=1S/C34H44N6O5/c1-45-30-11-8-26(9-12-30)25-36-38-34(44)31-23-29(40-15-3-2-4-16-40)10-13-32(31)37-33(43)28-7-5-6-27(22-28)24-35-14-17-39(18-20-41)19-21-42/h5-13,22-23,25,35,41-42H,2-4,14-21,24H2,1H3,(H,37,43)(H,38,44)/b36-25+. The second-order valence-corrected chi connectivity index (χ2v) is 10.9. The first kappa shape index (κ1) is 33.6. The van der Waals surface area contributed by atoms with Crippen molar-refractivity contribution in [1.29, 1.82) is 0 Å². The first-order valence-corrected chi connectivity index (χ1v) is 15.4. The van der Waals surface area contributed by atoms with E-state index in [-0.39, 0.29) is 19.1 Å². The van der Waals surface area contributed by atoms with E-state index in [0.29, 0.717) is 49.5 Å². The zero-order valence-corrected chi connectivity index (χ0v) is 25.9. The summed E-state index contributed by atoms with van der Waals surface area (Å²) in [6, 6.07) is 20.2. The number of aliphatic hydroxyl groups excluding tert-OH is 2. The van der Waals surface area contributed by atoms with Gasteiger partial charge in [-0.3, -0.25) is 14.5 Å². The number of hydrogen-bond donors (Lipinski definition) is 5. The number of methoxy groups -OCH3 is 1. The Balaban J connectivity index is 1.44. The van der Waals surface area contributed by atoms with Gasteiger partial charge in [0.05, 0.1) is 37.8 Å². The number of benzene rings is 3. The van der Waals surface area contributed by atoms with Gasteiger partial charge >= 0.3 is 0 Å². The Morgan fingerprint density at radius 1 is 0.933 bits per heavy atom. The molecule has 1 saturated heterocycles. The van der Waals surface area contributed by atoms with E-state index in [9.17, 15) is 19.8 Å². The molecule has 2 amide bonds. The average molecular weight is 617 g/mol. The van der Waals surface area contributed by atoms with Gasteiger partial charge in [0.25, 0.3) is 11.8 Å².